The summed E-state index contributed by atoms with van der Waals surface area (Å²) in [6.45, 7) is 7.11. The molecular weight excluding hydrogens is 452 g/mol. The number of carbonyl (C=O) groups is 1. The molecule has 0 radical (unpaired) electrons. The van der Waals surface area contributed by atoms with E-state index in [0.29, 0.717) is 23.0 Å². The smallest absolute Gasteiger partial charge is 0.279 e. The Balaban J connectivity index is 1.41. The van der Waals surface area contributed by atoms with E-state index in [1.54, 1.807) is 30.3 Å². The van der Waals surface area contributed by atoms with E-state index in [-0.39, 0.29) is 29.4 Å². The lowest BCUT2D eigenvalue weighted by atomic mass is 10.1. The number of fused-ring (bicyclic) bond motifs is 1. The van der Waals surface area contributed by atoms with Gasteiger partial charge in [-0.1, -0.05) is 60.7 Å². The summed E-state index contributed by atoms with van der Waals surface area (Å²) in [5, 5.41) is 8.52. The highest BCUT2D eigenvalue weighted by Gasteiger charge is 2.23. The lowest BCUT2D eigenvalue weighted by Gasteiger charge is -2.35. The molecule has 184 valence electrons. The molecule has 3 aromatic carbocycles. The Morgan fingerprint density at radius 1 is 0.889 bits per heavy atom. The molecule has 1 aromatic heterocycles. The molecule has 1 fully saturated rings. The van der Waals surface area contributed by atoms with Gasteiger partial charge >= 0.3 is 0 Å². The molecule has 36 heavy (non-hydrogen) atoms. The number of benzene rings is 3. The minimum absolute atomic E-state index is 0.195. The normalized spacial score (nSPS) is 18.3. The van der Waals surface area contributed by atoms with E-state index in [4.69, 9.17) is 4.74 Å². The summed E-state index contributed by atoms with van der Waals surface area (Å²) < 4.78 is 7.17. The molecule has 1 aliphatic heterocycles. The van der Waals surface area contributed by atoms with E-state index < -0.39 is 0 Å². The standard InChI is InChI=1S/C29H30N4O3/c1-20-17-32(18-21(2)36-20)19-23-11-7-6-10-22(23)16-30-28(34)27-25-14-8-9-15-26(25)29(35)33(31-27)24-12-4-3-5-13-24/h3-15,20-21H,16-19H2,1-2H3,(H,30,34). The number of morpholine rings is 1. The van der Waals surface area contributed by atoms with Crippen molar-refractivity contribution >= 4 is 16.7 Å². The Kier molecular flexibility index (Phi) is 6.93. The first-order chi connectivity index (χ1) is 17.5. The first-order valence-electron chi connectivity index (χ1n) is 12.3. The number of aromatic nitrogens is 2. The molecule has 7 nitrogen and oxygen atoms in total. The van der Waals surface area contributed by atoms with Crippen molar-refractivity contribution in [2.24, 2.45) is 0 Å². The molecule has 2 atom stereocenters. The first-order valence-corrected chi connectivity index (χ1v) is 12.3. The van der Waals surface area contributed by atoms with Crippen LogP contribution in [-0.4, -0.2) is 45.9 Å². The van der Waals surface area contributed by atoms with Crippen LogP contribution in [0.2, 0.25) is 0 Å². The van der Waals surface area contributed by atoms with Crippen LogP contribution in [0.15, 0.2) is 83.7 Å². The van der Waals surface area contributed by atoms with Gasteiger partial charge < -0.3 is 10.1 Å². The number of amides is 1. The summed E-state index contributed by atoms with van der Waals surface area (Å²) in [4.78, 5) is 28.9. The Bertz CT molecular complexity index is 1420. The highest BCUT2D eigenvalue weighted by Crippen LogP contribution is 2.18. The Labute approximate surface area is 210 Å². The quantitative estimate of drug-likeness (QED) is 0.451. The molecular formula is C29H30N4O3. The van der Waals surface area contributed by atoms with Crippen LogP contribution in [0.3, 0.4) is 0 Å². The van der Waals surface area contributed by atoms with E-state index in [2.05, 4.69) is 35.2 Å². The maximum absolute atomic E-state index is 13.4. The summed E-state index contributed by atoms with van der Waals surface area (Å²) in [5.41, 5.74) is 2.81. The molecule has 2 heterocycles. The molecule has 4 aromatic rings. The van der Waals surface area contributed by atoms with Gasteiger partial charge in [0, 0.05) is 31.6 Å². The zero-order valence-electron chi connectivity index (χ0n) is 20.6. The molecule has 1 N–H and O–H groups in total. The van der Waals surface area contributed by atoms with Gasteiger partial charge in [-0.15, -0.1) is 0 Å². The van der Waals surface area contributed by atoms with Crippen LogP contribution in [0.1, 0.15) is 35.5 Å². The van der Waals surface area contributed by atoms with Gasteiger partial charge in [-0.3, -0.25) is 14.5 Å². The van der Waals surface area contributed by atoms with Crippen LogP contribution in [0.4, 0.5) is 0 Å². The zero-order chi connectivity index (χ0) is 25.1. The second kappa shape index (κ2) is 10.4. The number of hydrogen-bond donors (Lipinski definition) is 1. The zero-order valence-corrected chi connectivity index (χ0v) is 20.6. The predicted molar refractivity (Wildman–Crippen MR) is 140 cm³/mol. The molecule has 7 heteroatoms. The van der Waals surface area contributed by atoms with E-state index in [0.717, 1.165) is 25.2 Å². The molecule has 2 unspecified atom stereocenters. The van der Waals surface area contributed by atoms with E-state index >= 15 is 0 Å². The third kappa shape index (κ3) is 5.08. The SMILES string of the molecule is CC1CN(Cc2ccccc2CNC(=O)c2nn(-c3ccccc3)c(=O)c3ccccc23)CC(C)O1. The summed E-state index contributed by atoms with van der Waals surface area (Å²) in [7, 11) is 0. The molecule has 1 saturated heterocycles. The Morgan fingerprint density at radius 2 is 1.50 bits per heavy atom. The summed E-state index contributed by atoms with van der Waals surface area (Å²) in [6, 6.07) is 24.4. The topological polar surface area (TPSA) is 76.5 Å². The highest BCUT2D eigenvalue weighted by atomic mass is 16.5. The third-order valence-electron chi connectivity index (χ3n) is 6.47. The number of nitrogens with one attached hydrogen (secondary N) is 1. The average molecular weight is 483 g/mol. The van der Waals surface area contributed by atoms with Crippen molar-refractivity contribution in [3.8, 4) is 5.69 Å². The lowest BCUT2D eigenvalue weighted by Crippen LogP contribution is -2.45. The molecule has 5 rings (SSSR count). The van der Waals surface area contributed by atoms with Crippen LogP contribution in [0.25, 0.3) is 16.5 Å². The average Bonchev–Trinajstić information content (AvgIpc) is 2.88. The summed E-state index contributed by atoms with van der Waals surface area (Å²) in [6.07, 6.45) is 0.389. The van der Waals surface area contributed by atoms with Crippen LogP contribution >= 0.6 is 0 Å². The lowest BCUT2D eigenvalue weighted by molar-refractivity contribution is -0.0705. The molecule has 0 saturated carbocycles. The number of hydrogen-bond acceptors (Lipinski definition) is 5. The highest BCUT2D eigenvalue weighted by molar-refractivity contribution is 6.04. The maximum atomic E-state index is 13.4. The minimum Gasteiger partial charge on any atom is -0.373 e. The van der Waals surface area contributed by atoms with E-state index in [1.807, 2.05) is 42.5 Å². The van der Waals surface area contributed by atoms with Crippen molar-refractivity contribution in [1.29, 1.82) is 0 Å². The fourth-order valence-electron chi connectivity index (χ4n) is 4.90. The number of ether oxygens (including phenoxy) is 1. The van der Waals surface area contributed by atoms with Crippen LogP contribution in [-0.2, 0) is 17.8 Å². The van der Waals surface area contributed by atoms with Gasteiger partial charge in [0.15, 0.2) is 5.69 Å². The van der Waals surface area contributed by atoms with Gasteiger partial charge in [-0.25, -0.2) is 0 Å². The monoisotopic (exact) mass is 482 g/mol. The first kappa shape index (κ1) is 23.9. The van der Waals surface area contributed by atoms with Crippen LogP contribution < -0.4 is 10.9 Å². The van der Waals surface area contributed by atoms with Crippen LogP contribution in [0, 0.1) is 0 Å². The largest absolute Gasteiger partial charge is 0.373 e. The van der Waals surface area contributed by atoms with Gasteiger partial charge in [-0.05, 0) is 43.2 Å². The summed E-state index contributed by atoms with van der Waals surface area (Å²) >= 11 is 0. The number of rotatable bonds is 6. The molecule has 0 aliphatic carbocycles. The Hall–Kier alpha value is -3.81. The van der Waals surface area contributed by atoms with Gasteiger partial charge in [0.25, 0.3) is 11.5 Å². The summed E-state index contributed by atoms with van der Waals surface area (Å²) in [5.74, 6) is -0.320. The molecule has 1 aliphatic rings. The fraction of sp³-hybridized carbons (Fsp3) is 0.276. The van der Waals surface area contributed by atoms with Crippen LogP contribution in [0.5, 0.6) is 0 Å². The van der Waals surface area contributed by atoms with Crippen molar-refractivity contribution in [2.45, 2.75) is 39.1 Å². The number of para-hydroxylation sites is 1. The van der Waals surface area contributed by atoms with Crippen molar-refractivity contribution in [3.05, 3.63) is 106 Å². The second-order valence-electron chi connectivity index (χ2n) is 9.35. The van der Waals surface area contributed by atoms with Crippen molar-refractivity contribution in [2.75, 3.05) is 13.1 Å². The third-order valence-corrected chi connectivity index (χ3v) is 6.47. The second-order valence-corrected chi connectivity index (χ2v) is 9.35. The number of nitrogens with zero attached hydrogens (tertiary/aromatic N) is 3. The van der Waals surface area contributed by atoms with Gasteiger partial charge in [-0.2, -0.15) is 9.78 Å². The van der Waals surface area contributed by atoms with Crippen molar-refractivity contribution < 1.29 is 9.53 Å². The number of carbonyl (C=O) groups excluding carboxylic acids is 1. The molecule has 0 spiro atoms. The van der Waals surface area contributed by atoms with Crippen molar-refractivity contribution in [1.82, 2.24) is 20.0 Å². The Morgan fingerprint density at radius 3 is 2.22 bits per heavy atom. The fourth-order valence-corrected chi connectivity index (χ4v) is 4.90. The molecule has 1 amide bonds. The maximum Gasteiger partial charge on any atom is 0.279 e. The van der Waals surface area contributed by atoms with Gasteiger partial charge in [0.05, 0.1) is 23.3 Å². The van der Waals surface area contributed by atoms with Gasteiger partial charge in [0.1, 0.15) is 0 Å². The minimum atomic E-state index is -0.320. The van der Waals surface area contributed by atoms with E-state index in [9.17, 15) is 9.59 Å². The van der Waals surface area contributed by atoms with Gasteiger partial charge in [0.2, 0.25) is 0 Å². The molecule has 0 bridgehead atoms. The van der Waals surface area contributed by atoms with E-state index in [1.165, 1.54) is 10.2 Å². The van der Waals surface area contributed by atoms with Crippen molar-refractivity contribution in [3.63, 3.8) is 0 Å². The predicted octanol–water partition coefficient (Wildman–Crippen LogP) is 3.92.